The number of hydrogen-bond donors (Lipinski definition) is 0. The highest BCUT2D eigenvalue weighted by atomic mass is 16.2. The molecule has 7 nitrogen and oxygen atoms in total. The van der Waals surface area contributed by atoms with Crippen LogP contribution in [0.15, 0.2) is 53.5 Å². The minimum Gasteiger partial charge on any atom is -0.366 e. The Morgan fingerprint density at radius 3 is 2.46 bits per heavy atom. The fourth-order valence-corrected chi connectivity index (χ4v) is 3.69. The van der Waals surface area contributed by atoms with Crippen molar-refractivity contribution >= 4 is 22.5 Å². The van der Waals surface area contributed by atoms with Gasteiger partial charge in [0, 0.05) is 44.8 Å². The number of nitrogens with zero attached hydrogens (tertiary/aromatic N) is 5. The number of carbonyl (C=O) groups excluding carboxylic acids is 1. The number of anilines is 1. The number of rotatable bonds is 2. The Hall–Kier alpha value is -3.66. The molecule has 0 unspecified atom stereocenters. The Balaban J connectivity index is 1.66. The molecule has 0 aliphatic carbocycles. The van der Waals surface area contributed by atoms with Gasteiger partial charge in [0.1, 0.15) is 17.3 Å². The van der Waals surface area contributed by atoms with E-state index in [0.717, 1.165) is 10.9 Å². The summed E-state index contributed by atoms with van der Waals surface area (Å²) in [5.41, 5.74) is 1.71. The number of pyridine rings is 2. The van der Waals surface area contributed by atoms with Crippen LogP contribution in [0.1, 0.15) is 16.1 Å². The Morgan fingerprint density at radius 1 is 1.07 bits per heavy atom. The van der Waals surface area contributed by atoms with E-state index in [2.05, 4.69) is 11.1 Å². The first-order valence-electron chi connectivity index (χ1n) is 9.09. The molecule has 3 heterocycles. The number of carbonyl (C=O) groups is 1. The van der Waals surface area contributed by atoms with Crippen LogP contribution in [0.3, 0.4) is 0 Å². The lowest BCUT2D eigenvalue weighted by molar-refractivity contribution is 0.0741. The van der Waals surface area contributed by atoms with E-state index in [9.17, 15) is 14.9 Å². The number of para-hydroxylation sites is 1. The molecule has 1 fully saturated rings. The second-order valence-electron chi connectivity index (χ2n) is 6.71. The van der Waals surface area contributed by atoms with Crippen molar-refractivity contribution in [2.24, 2.45) is 7.05 Å². The lowest BCUT2D eigenvalue weighted by Gasteiger charge is -2.36. The molecule has 28 heavy (non-hydrogen) atoms. The van der Waals surface area contributed by atoms with Gasteiger partial charge in [-0.25, -0.2) is 0 Å². The molecule has 0 N–H and O–H groups in total. The van der Waals surface area contributed by atoms with Gasteiger partial charge in [0.05, 0.1) is 11.2 Å². The third kappa shape index (κ3) is 2.89. The summed E-state index contributed by atoms with van der Waals surface area (Å²) in [5.74, 6) is -0.102. The maximum atomic E-state index is 12.7. The van der Waals surface area contributed by atoms with E-state index in [-0.39, 0.29) is 17.0 Å². The Bertz CT molecular complexity index is 1140. The fourth-order valence-electron chi connectivity index (χ4n) is 3.69. The molecular formula is C21H19N5O2. The van der Waals surface area contributed by atoms with E-state index >= 15 is 0 Å². The molecule has 140 valence electrons. The molecule has 1 aliphatic rings. The first kappa shape index (κ1) is 17.7. The highest BCUT2D eigenvalue weighted by Crippen LogP contribution is 2.29. The standard InChI is InChI=1S/C21H19N5O2/c1-24-18-8-3-2-6-15(18)19(16(14-22)20(24)27)25-10-12-26(13-11-25)21(28)17-7-4-5-9-23-17/h2-9H,10-13H2,1H3. The van der Waals surface area contributed by atoms with Crippen molar-refractivity contribution < 1.29 is 4.79 Å². The van der Waals surface area contributed by atoms with Crippen LogP contribution in [-0.4, -0.2) is 46.5 Å². The van der Waals surface area contributed by atoms with Crippen LogP contribution in [-0.2, 0) is 7.05 Å². The number of piperazine rings is 1. The molecule has 1 amide bonds. The van der Waals surface area contributed by atoms with Crippen LogP contribution in [0, 0.1) is 11.3 Å². The van der Waals surface area contributed by atoms with Gasteiger partial charge < -0.3 is 14.4 Å². The largest absolute Gasteiger partial charge is 0.366 e. The van der Waals surface area contributed by atoms with Crippen molar-refractivity contribution in [1.82, 2.24) is 14.5 Å². The minimum absolute atomic E-state index is 0.102. The topological polar surface area (TPSA) is 82.2 Å². The molecule has 0 atom stereocenters. The molecule has 1 aliphatic heterocycles. The summed E-state index contributed by atoms with van der Waals surface area (Å²) >= 11 is 0. The number of hydrogen-bond acceptors (Lipinski definition) is 5. The van der Waals surface area contributed by atoms with Crippen LogP contribution in [0.4, 0.5) is 5.69 Å². The summed E-state index contributed by atoms with van der Waals surface area (Å²) in [6, 6.07) is 14.9. The lowest BCUT2D eigenvalue weighted by atomic mass is 10.1. The Labute approximate surface area is 162 Å². The Kier molecular flexibility index (Phi) is 4.53. The van der Waals surface area contributed by atoms with Gasteiger partial charge >= 0.3 is 0 Å². The van der Waals surface area contributed by atoms with E-state index in [1.807, 2.05) is 29.2 Å². The zero-order valence-corrected chi connectivity index (χ0v) is 15.5. The fraction of sp³-hybridized carbons (Fsp3) is 0.238. The summed E-state index contributed by atoms with van der Waals surface area (Å²) in [6.07, 6.45) is 1.61. The number of nitriles is 1. The van der Waals surface area contributed by atoms with Crippen LogP contribution >= 0.6 is 0 Å². The number of amides is 1. The quantitative estimate of drug-likeness (QED) is 0.684. The highest BCUT2D eigenvalue weighted by molar-refractivity contribution is 5.95. The van der Waals surface area contributed by atoms with Crippen molar-refractivity contribution in [1.29, 1.82) is 5.26 Å². The molecule has 1 saturated heterocycles. The molecule has 7 heteroatoms. The summed E-state index contributed by atoms with van der Waals surface area (Å²) < 4.78 is 1.51. The lowest BCUT2D eigenvalue weighted by Crippen LogP contribution is -2.49. The average molecular weight is 373 g/mol. The molecule has 3 aromatic rings. The zero-order chi connectivity index (χ0) is 19.7. The van der Waals surface area contributed by atoms with Crippen molar-refractivity contribution in [3.63, 3.8) is 0 Å². The zero-order valence-electron chi connectivity index (χ0n) is 15.5. The van der Waals surface area contributed by atoms with Gasteiger partial charge in [0.2, 0.25) is 0 Å². The van der Waals surface area contributed by atoms with Gasteiger partial charge in [-0.2, -0.15) is 5.26 Å². The summed E-state index contributed by atoms with van der Waals surface area (Å²) in [6.45, 7) is 2.10. The van der Waals surface area contributed by atoms with Crippen molar-refractivity contribution in [3.05, 3.63) is 70.3 Å². The normalized spacial score (nSPS) is 14.1. The SMILES string of the molecule is Cn1c(=O)c(C#N)c(N2CCN(C(=O)c3ccccn3)CC2)c2ccccc21. The van der Waals surface area contributed by atoms with Crippen LogP contribution in [0.25, 0.3) is 10.9 Å². The number of benzene rings is 1. The maximum Gasteiger partial charge on any atom is 0.272 e. The van der Waals surface area contributed by atoms with Gasteiger partial charge in [0.25, 0.3) is 11.5 Å². The van der Waals surface area contributed by atoms with Gasteiger partial charge in [-0.05, 0) is 18.2 Å². The van der Waals surface area contributed by atoms with Gasteiger partial charge in [-0.3, -0.25) is 14.6 Å². The van der Waals surface area contributed by atoms with E-state index in [1.54, 1.807) is 36.3 Å². The number of aryl methyl sites for hydroxylation is 1. The number of aromatic nitrogens is 2. The van der Waals surface area contributed by atoms with Crippen molar-refractivity contribution in [3.8, 4) is 6.07 Å². The first-order valence-corrected chi connectivity index (χ1v) is 9.09. The molecule has 2 aromatic heterocycles. The smallest absolute Gasteiger partial charge is 0.272 e. The van der Waals surface area contributed by atoms with Gasteiger partial charge in [0.15, 0.2) is 0 Å². The van der Waals surface area contributed by atoms with Crippen LogP contribution in [0.2, 0.25) is 0 Å². The summed E-state index contributed by atoms with van der Waals surface area (Å²) in [7, 11) is 1.68. The van der Waals surface area contributed by atoms with Crippen LogP contribution in [0.5, 0.6) is 0 Å². The molecular weight excluding hydrogens is 354 g/mol. The minimum atomic E-state index is -0.303. The molecule has 0 bridgehead atoms. The highest BCUT2D eigenvalue weighted by Gasteiger charge is 2.26. The van der Waals surface area contributed by atoms with E-state index in [4.69, 9.17) is 0 Å². The third-order valence-corrected chi connectivity index (χ3v) is 5.15. The molecule has 0 radical (unpaired) electrons. The second kappa shape index (κ2) is 7.16. The molecule has 1 aromatic carbocycles. The van der Waals surface area contributed by atoms with Crippen LogP contribution < -0.4 is 10.5 Å². The van der Waals surface area contributed by atoms with Crippen molar-refractivity contribution in [2.45, 2.75) is 0 Å². The second-order valence-corrected chi connectivity index (χ2v) is 6.71. The predicted molar refractivity (Wildman–Crippen MR) is 106 cm³/mol. The third-order valence-electron chi connectivity index (χ3n) is 5.15. The van der Waals surface area contributed by atoms with E-state index in [1.165, 1.54) is 4.57 Å². The monoisotopic (exact) mass is 373 g/mol. The Morgan fingerprint density at radius 2 is 1.79 bits per heavy atom. The van der Waals surface area contributed by atoms with Gasteiger partial charge in [-0.15, -0.1) is 0 Å². The summed E-state index contributed by atoms with van der Waals surface area (Å²) in [4.78, 5) is 33.2. The molecule has 4 rings (SSSR count). The van der Waals surface area contributed by atoms with E-state index < -0.39 is 0 Å². The summed E-state index contributed by atoms with van der Waals surface area (Å²) in [5, 5.41) is 10.5. The first-order chi connectivity index (χ1) is 13.6. The molecule has 0 saturated carbocycles. The maximum absolute atomic E-state index is 12.7. The average Bonchev–Trinajstić information content (AvgIpc) is 2.76. The molecule has 0 spiro atoms. The predicted octanol–water partition coefficient (Wildman–Crippen LogP) is 1.77. The van der Waals surface area contributed by atoms with Crippen molar-refractivity contribution in [2.75, 3.05) is 31.1 Å². The van der Waals surface area contributed by atoms with Gasteiger partial charge in [-0.1, -0.05) is 24.3 Å². The number of fused-ring (bicyclic) bond motifs is 1. The van der Waals surface area contributed by atoms with E-state index in [0.29, 0.717) is 37.6 Å².